The van der Waals surface area contributed by atoms with Crippen molar-refractivity contribution in [3.63, 3.8) is 0 Å². The zero-order valence-electron chi connectivity index (χ0n) is 10.1. The van der Waals surface area contributed by atoms with E-state index in [0.717, 1.165) is 25.3 Å². The van der Waals surface area contributed by atoms with Gasteiger partial charge in [-0.1, -0.05) is 13.8 Å². The Morgan fingerprint density at radius 2 is 2.35 bits per heavy atom. The summed E-state index contributed by atoms with van der Waals surface area (Å²) in [6.45, 7) is 6.02. The van der Waals surface area contributed by atoms with Crippen molar-refractivity contribution in [1.29, 1.82) is 0 Å². The van der Waals surface area contributed by atoms with E-state index in [2.05, 4.69) is 34.2 Å². The van der Waals surface area contributed by atoms with Crippen LogP contribution >= 0.6 is 11.3 Å². The summed E-state index contributed by atoms with van der Waals surface area (Å²) >= 11 is 1.64. The minimum atomic E-state index is 0.0987. The molecule has 5 nitrogen and oxygen atoms in total. The summed E-state index contributed by atoms with van der Waals surface area (Å²) in [5, 5.41) is 7.70. The van der Waals surface area contributed by atoms with E-state index in [9.17, 15) is 0 Å². The number of aromatic nitrogens is 4. The van der Waals surface area contributed by atoms with Crippen LogP contribution in [0.4, 0.5) is 0 Å². The lowest BCUT2D eigenvalue weighted by atomic mass is 10.2. The lowest BCUT2D eigenvalue weighted by molar-refractivity contribution is 0.514. The van der Waals surface area contributed by atoms with Crippen LogP contribution in [-0.2, 0) is 6.54 Å². The standard InChI is InChI=1S/C11H17N5S/c1-3-5-16-11(14-7-15-16)10(13-4-2)9-6-12-8-17-9/h6-8,10,13H,3-5H2,1-2H3. The van der Waals surface area contributed by atoms with Gasteiger partial charge in [-0.2, -0.15) is 5.10 Å². The molecular weight excluding hydrogens is 234 g/mol. The molecule has 2 heterocycles. The van der Waals surface area contributed by atoms with Gasteiger partial charge in [-0.15, -0.1) is 11.3 Å². The molecule has 6 heteroatoms. The van der Waals surface area contributed by atoms with E-state index in [1.165, 1.54) is 4.88 Å². The lowest BCUT2D eigenvalue weighted by Gasteiger charge is -2.16. The van der Waals surface area contributed by atoms with E-state index in [1.54, 1.807) is 17.7 Å². The number of nitrogens with one attached hydrogen (secondary N) is 1. The van der Waals surface area contributed by atoms with E-state index in [1.807, 2.05) is 16.4 Å². The largest absolute Gasteiger partial charge is 0.303 e. The Morgan fingerprint density at radius 1 is 1.47 bits per heavy atom. The Bertz CT molecular complexity index is 436. The fraction of sp³-hybridized carbons (Fsp3) is 0.545. The Kier molecular flexibility index (Phi) is 4.22. The van der Waals surface area contributed by atoms with Gasteiger partial charge < -0.3 is 5.32 Å². The minimum Gasteiger partial charge on any atom is -0.303 e. The zero-order chi connectivity index (χ0) is 12.1. The smallest absolute Gasteiger partial charge is 0.149 e. The molecule has 0 spiro atoms. The maximum atomic E-state index is 4.38. The van der Waals surface area contributed by atoms with Gasteiger partial charge in [-0.25, -0.2) is 9.67 Å². The Hall–Kier alpha value is -1.27. The van der Waals surface area contributed by atoms with Crippen molar-refractivity contribution in [3.8, 4) is 0 Å². The quantitative estimate of drug-likeness (QED) is 0.851. The first kappa shape index (κ1) is 12.2. The van der Waals surface area contributed by atoms with Crippen LogP contribution in [0.2, 0.25) is 0 Å². The van der Waals surface area contributed by atoms with E-state index < -0.39 is 0 Å². The van der Waals surface area contributed by atoms with Crippen LogP contribution in [0, 0.1) is 0 Å². The Morgan fingerprint density at radius 3 is 3.00 bits per heavy atom. The number of hydrogen-bond donors (Lipinski definition) is 1. The highest BCUT2D eigenvalue weighted by molar-refractivity contribution is 7.09. The maximum Gasteiger partial charge on any atom is 0.149 e. The normalized spacial score (nSPS) is 12.8. The molecule has 0 saturated heterocycles. The Balaban J connectivity index is 2.29. The highest BCUT2D eigenvalue weighted by Gasteiger charge is 2.20. The van der Waals surface area contributed by atoms with Crippen LogP contribution in [-0.4, -0.2) is 26.3 Å². The molecule has 2 rings (SSSR count). The second-order valence-corrected chi connectivity index (χ2v) is 4.65. The van der Waals surface area contributed by atoms with Crippen molar-refractivity contribution in [2.24, 2.45) is 0 Å². The molecule has 0 aromatic carbocycles. The molecule has 0 aliphatic rings. The van der Waals surface area contributed by atoms with Crippen LogP contribution in [0.3, 0.4) is 0 Å². The lowest BCUT2D eigenvalue weighted by Crippen LogP contribution is -2.25. The van der Waals surface area contributed by atoms with Crippen LogP contribution in [0.1, 0.15) is 37.0 Å². The molecule has 17 heavy (non-hydrogen) atoms. The van der Waals surface area contributed by atoms with Crippen molar-refractivity contribution in [3.05, 3.63) is 28.7 Å². The van der Waals surface area contributed by atoms with Gasteiger partial charge in [0, 0.05) is 17.6 Å². The van der Waals surface area contributed by atoms with E-state index in [0.29, 0.717) is 0 Å². The van der Waals surface area contributed by atoms with Crippen molar-refractivity contribution < 1.29 is 0 Å². The molecule has 92 valence electrons. The summed E-state index contributed by atoms with van der Waals surface area (Å²) < 4.78 is 1.97. The average Bonchev–Trinajstić information content (AvgIpc) is 2.97. The fourth-order valence-corrected chi connectivity index (χ4v) is 2.46. The van der Waals surface area contributed by atoms with Crippen LogP contribution in [0.25, 0.3) is 0 Å². The molecule has 0 aliphatic carbocycles. The van der Waals surface area contributed by atoms with Gasteiger partial charge in [0.15, 0.2) is 0 Å². The maximum absolute atomic E-state index is 4.38. The SMILES string of the molecule is CCCn1ncnc1C(NCC)c1cncs1. The summed E-state index contributed by atoms with van der Waals surface area (Å²) in [4.78, 5) is 9.69. The van der Waals surface area contributed by atoms with Crippen LogP contribution < -0.4 is 5.32 Å². The molecule has 2 aromatic heterocycles. The average molecular weight is 251 g/mol. The van der Waals surface area contributed by atoms with Gasteiger partial charge in [0.05, 0.1) is 5.51 Å². The van der Waals surface area contributed by atoms with E-state index >= 15 is 0 Å². The van der Waals surface area contributed by atoms with Gasteiger partial charge in [0.1, 0.15) is 18.2 Å². The summed E-state index contributed by atoms with van der Waals surface area (Å²) in [6.07, 6.45) is 4.57. The monoisotopic (exact) mass is 251 g/mol. The fourth-order valence-electron chi connectivity index (χ4n) is 1.77. The molecule has 1 unspecified atom stereocenters. The predicted molar refractivity (Wildman–Crippen MR) is 67.9 cm³/mol. The minimum absolute atomic E-state index is 0.0987. The third kappa shape index (κ3) is 2.70. The first-order valence-electron chi connectivity index (χ1n) is 5.86. The number of rotatable bonds is 6. The second kappa shape index (κ2) is 5.88. The summed E-state index contributed by atoms with van der Waals surface area (Å²) in [5.41, 5.74) is 1.85. The molecule has 0 amide bonds. The predicted octanol–water partition coefficient (Wildman–Crippen LogP) is 1.84. The topological polar surface area (TPSA) is 55.6 Å². The summed E-state index contributed by atoms with van der Waals surface area (Å²) in [5.74, 6) is 0.970. The molecule has 0 saturated carbocycles. The molecular formula is C11H17N5S. The van der Waals surface area contributed by atoms with Gasteiger partial charge in [0.2, 0.25) is 0 Å². The highest BCUT2D eigenvalue weighted by Crippen LogP contribution is 2.23. The van der Waals surface area contributed by atoms with Crippen LogP contribution in [0.15, 0.2) is 18.0 Å². The molecule has 0 fully saturated rings. The zero-order valence-corrected chi connectivity index (χ0v) is 10.9. The van der Waals surface area contributed by atoms with Gasteiger partial charge >= 0.3 is 0 Å². The van der Waals surface area contributed by atoms with Gasteiger partial charge in [0.25, 0.3) is 0 Å². The number of aryl methyl sites for hydroxylation is 1. The van der Waals surface area contributed by atoms with Crippen molar-refractivity contribution in [2.75, 3.05) is 6.54 Å². The van der Waals surface area contributed by atoms with E-state index in [-0.39, 0.29) is 6.04 Å². The number of hydrogen-bond acceptors (Lipinski definition) is 5. The molecule has 0 bridgehead atoms. The first-order chi connectivity index (χ1) is 8.36. The molecule has 1 atom stereocenters. The first-order valence-corrected chi connectivity index (χ1v) is 6.74. The molecule has 2 aromatic rings. The second-order valence-electron chi connectivity index (χ2n) is 3.74. The number of thiazole rings is 1. The van der Waals surface area contributed by atoms with Gasteiger partial charge in [-0.05, 0) is 13.0 Å². The molecule has 0 aliphatic heterocycles. The third-order valence-electron chi connectivity index (χ3n) is 2.48. The van der Waals surface area contributed by atoms with Crippen molar-refractivity contribution >= 4 is 11.3 Å². The van der Waals surface area contributed by atoms with Gasteiger partial charge in [-0.3, -0.25) is 4.98 Å². The summed E-state index contributed by atoms with van der Waals surface area (Å²) in [6, 6.07) is 0.0987. The number of nitrogens with zero attached hydrogens (tertiary/aromatic N) is 4. The van der Waals surface area contributed by atoms with Crippen molar-refractivity contribution in [2.45, 2.75) is 32.9 Å². The third-order valence-corrected chi connectivity index (χ3v) is 3.32. The van der Waals surface area contributed by atoms with Crippen LogP contribution in [0.5, 0.6) is 0 Å². The van der Waals surface area contributed by atoms with Crippen molar-refractivity contribution in [1.82, 2.24) is 25.1 Å². The summed E-state index contributed by atoms with van der Waals surface area (Å²) in [7, 11) is 0. The molecule has 1 N–H and O–H groups in total. The highest BCUT2D eigenvalue weighted by atomic mass is 32.1. The molecule has 0 radical (unpaired) electrons. The Labute approximate surface area is 105 Å². The van der Waals surface area contributed by atoms with E-state index in [4.69, 9.17) is 0 Å².